The molecule has 1 unspecified atom stereocenters. The summed E-state index contributed by atoms with van der Waals surface area (Å²) in [6.07, 6.45) is 1.38. The molecule has 0 aliphatic heterocycles. The molecule has 0 aromatic carbocycles. The SMILES string of the molecule is CCC(CCO)NC(=O)c1sccc1Cl. The van der Waals surface area contributed by atoms with Crippen LogP contribution in [0, 0.1) is 0 Å². The number of carbonyl (C=O) groups is 1. The summed E-state index contributed by atoms with van der Waals surface area (Å²) in [6, 6.07) is 1.72. The van der Waals surface area contributed by atoms with Crippen molar-refractivity contribution >= 4 is 28.8 Å². The number of halogens is 1. The second-order valence-corrected chi connectivity index (χ2v) is 4.51. The molecule has 0 saturated carbocycles. The lowest BCUT2D eigenvalue weighted by Crippen LogP contribution is -2.34. The van der Waals surface area contributed by atoms with Crippen LogP contribution in [0.4, 0.5) is 0 Å². The monoisotopic (exact) mass is 247 g/mol. The fraction of sp³-hybridized carbons (Fsp3) is 0.500. The Labute approximate surface area is 98.1 Å². The van der Waals surface area contributed by atoms with Crippen molar-refractivity contribution in [1.82, 2.24) is 5.32 Å². The van der Waals surface area contributed by atoms with Crippen molar-refractivity contribution < 1.29 is 9.90 Å². The average molecular weight is 248 g/mol. The maximum atomic E-state index is 11.7. The van der Waals surface area contributed by atoms with Crippen molar-refractivity contribution in [2.75, 3.05) is 6.61 Å². The molecular formula is C10H14ClNO2S. The number of aliphatic hydroxyl groups is 1. The average Bonchev–Trinajstić information content (AvgIpc) is 2.63. The zero-order chi connectivity index (χ0) is 11.3. The molecule has 3 nitrogen and oxygen atoms in total. The van der Waals surface area contributed by atoms with Crippen LogP contribution < -0.4 is 5.32 Å². The van der Waals surface area contributed by atoms with Gasteiger partial charge in [0, 0.05) is 12.6 Å². The summed E-state index contributed by atoms with van der Waals surface area (Å²) in [4.78, 5) is 12.2. The van der Waals surface area contributed by atoms with E-state index in [9.17, 15) is 4.79 Å². The van der Waals surface area contributed by atoms with Gasteiger partial charge in [-0.3, -0.25) is 4.79 Å². The maximum absolute atomic E-state index is 11.7. The Balaban J connectivity index is 2.58. The van der Waals surface area contributed by atoms with E-state index >= 15 is 0 Å². The Morgan fingerprint density at radius 3 is 2.93 bits per heavy atom. The van der Waals surface area contributed by atoms with Gasteiger partial charge in [-0.15, -0.1) is 11.3 Å². The van der Waals surface area contributed by atoms with E-state index in [0.717, 1.165) is 6.42 Å². The van der Waals surface area contributed by atoms with Gasteiger partial charge in [-0.25, -0.2) is 0 Å². The van der Waals surface area contributed by atoms with E-state index in [0.29, 0.717) is 16.3 Å². The van der Waals surface area contributed by atoms with Crippen molar-refractivity contribution in [3.63, 3.8) is 0 Å². The molecule has 0 aliphatic carbocycles. The molecule has 0 bridgehead atoms. The fourth-order valence-corrected chi connectivity index (χ4v) is 2.28. The van der Waals surface area contributed by atoms with Crippen LogP contribution in [0.3, 0.4) is 0 Å². The Hall–Kier alpha value is -0.580. The molecule has 1 aromatic heterocycles. The first-order valence-corrected chi connectivity index (χ1v) is 6.09. The number of carbonyl (C=O) groups excluding carboxylic acids is 1. The van der Waals surface area contributed by atoms with Crippen LogP contribution in [-0.4, -0.2) is 23.7 Å². The topological polar surface area (TPSA) is 49.3 Å². The molecule has 0 aliphatic rings. The number of amides is 1. The predicted octanol–water partition coefficient (Wildman–Crippen LogP) is 2.29. The van der Waals surface area contributed by atoms with Crippen LogP contribution >= 0.6 is 22.9 Å². The Morgan fingerprint density at radius 2 is 2.47 bits per heavy atom. The molecule has 0 saturated heterocycles. The minimum absolute atomic E-state index is 0.0145. The van der Waals surface area contributed by atoms with Gasteiger partial charge in [0.05, 0.1) is 5.02 Å². The summed E-state index contributed by atoms with van der Waals surface area (Å²) < 4.78 is 0. The highest BCUT2D eigenvalue weighted by atomic mass is 35.5. The molecule has 0 fully saturated rings. The molecule has 1 rings (SSSR count). The van der Waals surface area contributed by atoms with Crippen LogP contribution in [0.5, 0.6) is 0 Å². The van der Waals surface area contributed by atoms with Crippen molar-refractivity contribution in [3.8, 4) is 0 Å². The van der Waals surface area contributed by atoms with Gasteiger partial charge in [-0.1, -0.05) is 18.5 Å². The molecule has 0 radical (unpaired) electrons. The minimum Gasteiger partial charge on any atom is -0.396 e. The van der Waals surface area contributed by atoms with Gasteiger partial charge in [0.2, 0.25) is 0 Å². The van der Waals surface area contributed by atoms with Crippen molar-refractivity contribution in [1.29, 1.82) is 0 Å². The lowest BCUT2D eigenvalue weighted by Gasteiger charge is -2.14. The van der Waals surface area contributed by atoms with E-state index in [2.05, 4.69) is 5.32 Å². The van der Waals surface area contributed by atoms with Crippen LogP contribution in [0.15, 0.2) is 11.4 Å². The number of rotatable bonds is 5. The predicted molar refractivity (Wildman–Crippen MR) is 62.6 cm³/mol. The second-order valence-electron chi connectivity index (χ2n) is 3.19. The number of hydrogen-bond donors (Lipinski definition) is 2. The summed E-state index contributed by atoms with van der Waals surface area (Å²) in [6.45, 7) is 2.05. The summed E-state index contributed by atoms with van der Waals surface area (Å²) in [5.74, 6) is -0.157. The fourth-order valence-electron chi connectivity index (χ4n) is 1.24. The first-order chi connectivity index (χ1) is 7.19. The largest absolute Gasteiger partial charge is 0.396 e. The highest BCUT2D eigenvalue weighted by Crippen LogP contribution is 2.21. The van der Waals surface area contributed by atoms with E-state index in [4.69, 9.17) is 16.7 Å². The van der Waals surface area contributed by atoms with Crippen LogP contribution in [-0.2, 0) is 0 Å². The van der Waals surface area contributed by atoms with Crippen molar-refractivity contribution in [3.05, 3.63) is 21.3 Å². The summed E-state index contributed by atoms with van der Waals surface area (Å²) in [5.41, 5.74) is 0. The van der Waals surface area contributed by atoms with E-state index < -0.39 is 0 Å². The standard InChI is InChI=1S/C10H14ClNO2S/c1-2-7(3-5-13)12-10(14)9-8(11)4-6-15-9/h4,6-7,13H,2-3,5H2,1H3,(H,12,14). The lowest BCUT2D eigenvalue weighted by molar-refractivity contribution is 0.0933. The number of aliphatic hydroxyl groups excluding tert-OH is 1. The molecule has 1 aromatic rings. The van der Waals surface area contributed by atoms with Crippen LogP contribution in [0.25, 0.3) is 0 Å². The van der Waals surface area contributed by atoms with Gasteiger partial charge in [-0.2, -0.15) is 0 Å². The zero-order valence-electron chi connectivity index (χ0n) is 8.50. The minimum atomic E-state index is -0.157. The van der Waals surface area contributed by atoms with Gasteiger partial charge in [0.15, 0.2) is 0 Å². The Morgan fingerprint density at radius 1 is 1.73 bits per heavy atom. The van der Waals surface area contributed by atoms with Gasteiger partial charge < -0.3 is 10.4 Å². The van der Waals surface area contributed by atoms with Gasteiger partial charge in [0.25, 0.3) is 5.91 Å². The van der Waals surface area contributed by atoms with Crippen LogP contribution in [0.1, 0.15) is 29.4 Å². The molecule has 15 heavy (non-hydrogen) atoms. The first-order valence-electron chi connectivity index (χ1n) is 4.83. The summed E-state index contributed by atoms with van der Waals surface area (Å²) >= 11 is 7.16. The third-order valence-corrected chi connectivity index (χ3v) is 3.47. The van der Waals surface area contributed by atoms with E-state index in [1.165, 1.54) is 11.3 Å². The number of thiophene rings is 1. The zero-order valence-corrected chi connectivity index (χ0v) is 10.1. The van der Waals surface area contributed by atoms with Gasteiger partial charge in [0.1, 0.15) is 4.88 Å². The normalized spacial score (nSPS) is 12.5. The van der Waals surface area contributed by atoms with E-state index in [1.54, 1.807) is 11.4 Å². The summed E-state index contributed by atoms with van der Waals surface area (Å²) in [7, 11) is 0. The van der Waals surface area contributed by atoms with Crippen molar-refractivity contribution in [2.24, 2.45) is 0 Å². The molecule has 84 valence electrons. The molecule has 1 atom stereocenters. The van der Waals surface area contributed by atoms with E-state index in [1.807, 2.05) is 6.92 Å². The molecular weight excluding hydrogens is 234 g/mol. The Kier molecular flexibility index (Phi) is 5.08. The van der Waals surface area contributed by atoms with Crippen LogP contribution in [0.2, 0.25) is 5.02 Å². The van der Waals surface area contributed by atoms with Gasteiger partial charge in [-0.05, 0) is 24.3 Å². The molecule has 1 amide bonds. The highest BCUT2D eigenvalue weighted by Gasteiger charge is 2.15. The maximum Gasteiger partial charge on any atom is 0.263 e. The highest BCUT2D eigenvalue weighted by molar-refractivity contribution is 7.12. The van der Waals surface area contributed by atoms with Gasteiger partial charge >= 0.3 is 0 Å². The number of nitrogens with one attached hydrogen (secondary N) is 1. The molecule has 1 heterocycles. The quantitative estimate of drug-likeness (QED) is 0.839. The molecule has 5 heteroatoms. The third-order valence-electron chi connectivity index (χ3n) is 2.13. The van der Waals surface area contributed by atoms with E-state index in [-0.39, 0.29) is 18.6 Å². The molecule has 2 N–H and O–H groups in total. The smallest absolute Gasteiger partial charge is 0.263 e. The lowest BCUT2D eigenvalue weighted by atomic mass is 10.1. The van der Waals surface area contributed by atoms with Crippen molar-refractivity contribution in [2.45, 2.75) is 25.8 Å². The Bertz CT molecular complexity index is 327. The summed E-state index contributed by atoms with van der Waals surface area (Å²) in [5, 5.41) is 13.9. The first kappa shape index (κ1) is 12.5. The number of hydrogen-bond acceptors (Lipinski definition) is 3. The third kappa shape index (κ3) is 3.48. The second kappa shape index (κ2) is 6.10. The molecule has 0 spiro atoms.